The molecule has 0 saturated carbocycles. The largest absolute Gasteiger partial charge is 0.465 e. The van der Waals surface area contributed by atoms with Gasteiger partial charge in [-0.25, -0.2) is 0 Å². The SMILES string of the molecule is CCCC(C)C(NCCN(C)C)C(=O)OCC. The number of carbonyl (C=O) groups excluding carboxylic acids is 1. The molecule has 0 bridgehead atoms. The maximum Gasteiger partial charge on any atom is 0.323 e. The topological polar surface area (TPSA) is 41.6 Å². The molecule has 0 aliphatic heterocycles. The van der Waals surface area contributed by atoms with Gasteiger partial charge in [-0.3, -0.25) is 4.79 Å². The Morgan fingerprint density at radius 2 is 2.00 bits per heavy atom. The van der Waals surface area contributed by atoms with Crippen molar-refractivity contribution in [2.75, 3.05) is 33.8 Å². The lowest BCUT2D eigenvalue weighted by atomic mass is 9.97. The van der Waals surface area contributed by atoms with Crippen molar-refractivity contribution < 1.29 is 9.53 Å². The van der Waals surface area contributed by atoms with Crippen LogP contribution in [-0.4, -0.2) is 50.7 Å². The zero-order valence-corrected chi connectivity index (χ0v) is 12.0. The summed E-state index contributed by atoms with van der Waals surface area (Å²) in [7, 11) is 4.05. The van der Waals surface area contributed by atoms with Gasteiger partial charge in [-0.05, 0) is 33.4 Å². The van der Waals surface area contributed by atoms with Crippen LogP contribution in [0.15, 0.2) is 0 Å². The summed E-state index contributed by atoms with van der Waals surface area (Å²) in [5.74, 6) is 0.202. The van der Waals surface area contributed by atoms with Crippen LogP contribution in [0.1, 0.15) is 33.6 Å². The molecule has 4 nitrogen and oxygen atoms in total. The van der Waals surface area contributed by atoms with E-state index in [4.69, 9.17) is 4.74 Å². The van der Waals surface area contributed by atoms with Crippen LogP contribution in [0.5, 0.6) is 0 Å². The molecular formula is C13H28N2O2. The van der Waals surface area contributed by atoms with Gasteiger partial charge in [0.25, 0.3) is 0 Å². The molecule has 0 rings (SSSR count). The number of hydrogen-bond acceptors (Lipinski definition) is 4. The van der Waals surface area contributed by atoms with Gasteiger partial charge in [-0.15, -0.1) is 0 Å². The zero-order valence-electron chi connectivity index (χ0n) is 12.0. The Kier molecular flexibility index (Phi) is 9.09. The fourth-order valence-corrected chi connectivity index (χ4v) is 1.81. The van der Waals surface area contributed by atoms with Crippen molar-refractivity contribution in [3.05, 3.63) is 0 Å². The van der Waals surface area contributed by atoms with Crippen LogP contribution in [-0.2, 0) is 9.53 Å². The Hall–Kier alpha value is -0.610. The third-order valence-corrected chi connectivity index (χ3v) is 2.78. The third kappa shape index (κ3) is 7.34. The smallest absolute Gasteiger partial charge is 0.323 e. The predicted molar refractivity (Wildman–Crippen MR) is 71.0 cm³/mol. The van der Waals surface area contributed by atoms with Crippen molar-refractivity contribution >= 4 is 5.97 Å². The van der Waals surface area contributed by atoms with Gasteiger partial charge in [-0.1, -0.05) is 20.3 Å². The minimum atomic E-state index is -0.171. The summed E-state index contributed by atoms with van der Waals surface area (Å²) >= 11 is 0. The van der Waals surface area contributed by atoms with Gasteiger partial charge in [0.2, 0.25) is 0 Å². The van der Waals surface area contributed by atoms with Gasteiger partial charge >= 0.3 is 5.97 Å². The molecule has 0 spiro atoms. The number of hydrogen-bond donors (Lipinski definition) is 1. The first-order valence-electron chi connectivity index (χ1n) is 6.57. The number of nitrogens with one attached hydrogen (secondary N) is 1. The molecule has 102 valence electrons. The first kappa shape index (κ1) is 16.4. The lowest BCUT2D eigenvalue weighted by molar-refractivity contribution is -0.147. The molecule has 0 fully saturated rings. The predicted octanol–water partition coefficient (Wildman–Crippen LogP) is 1.51. The van der Waals surface area contributed by atoms with Crippen LogP contribution >= 0.6 is 0 Å². The number of ether oxygens (including phenoxy) is 1. The van der Waals surface area contributed by atoms with Gasteiger partial charge in [-0.2, -0.15) is 0 Å². The van der Waals surface area contributed by atoms with Crippen LogP contribution in [0, 0.1) is 5.92 Å². The summed E-state index contributed by atoms with van der Waals surface area (Å²) in [6.45, 7) is 8.27. The van der Waals surface area contributed by atoms with E-state index in [9.17, 15) is 4.79 Å². The summed E-state index contributed by atoms with van der Waals surface area (Å²) in [5, 5.41) is 3.30. The molecule has 0 heterocycles. The third-order valence-electron chi connectivity index (χ3n) is 2.78. The highest BCUT2D eigenvalue weighted by Gasteiger charge is 2.24. The standard InChI is InChI=1S/C13H28N2O2/c1-6-8-11(3)12(13(16)17-7-2)14-9-10-15(4)5/h11-12,14H,6-10H2,1-5H3. The average Bonchev–Trinajstić information content (AvgIpc) is 2.24. The van der Waals surface area contributed by atoms with Crippen LogP contribution in [0.25, 0.3) is 0 Å². The number of carbonyl (C=O) groups is 1. The molecule has 0 amide bonds. The van der Waals surface area contributed by atoms with Gasteiger partial charge in [0.15, 0.2) is 0 Å². The fraction of sp³-hybridized carbons (Fsp3) is 0.923. The number of likely N-dealkylation sites (N-methyl/N-ethyl adjacent to an activating group) is 1. The maximum atomic E-state index is 11.8. The summed E-state index contributed by atoms with van der Waals surface area (Å²) < 4.78 is 5.11. The van der Waals surface area contributed by atoms with E-state index in [0.717, 1.165) is 25.9 Å². The monoisotopic (exact) mass is 244 g/mol. The van der Waals surface area contributed by atoms with Crippen molar-refractivity contribution in [1.29, 1.82) is 0 Å². The van der Waals surface area contributed by atoms with E-state index in [-0.39, 0.29) is 12.0 Å². The number of esters is 1. The Bertz CT molecular complexity index is 208. The molecule has 1 N–H and O–H groups in total. The Balaban J connectivity index is 4.24. The molecule has 2 unspecified atom stereocenters. The first-order chi connectivity index (χ1) is 8.02. The van der Waals surface area contributed by atoms with Crippen LogP contribution in [0.4, 0.5) is 0 Å². The second kappa shape index (κ2) is 9.42. The highest BCUT2D eigenvalue weighted by Crippen LogP contribution is 2.12. The minimum Gasteiger partial charge on any atom is -0.465 e. The Morgan fingerprint density at radius 3 is 2.47 bits per heavy atom. The van der Waals surface area contributed by atoms with Crippen molar-refractivity contribution in [2.24, 2.45) is 5.92 Å². The van der Waals surface area contributed by atoms with Crippen molar-refractivity contribution in [3.8, 4) is 0 Å². The second-order valence-electron chi connectivity index (χ2n) is 4.75. The molecule has 0 saturated heterocycles. The highest BCUT2D eigenvalue weighted by atomic mass is 16.5. The van der Waals surface area contributed by atoms with Crippen molar-refractivity contribution in [1.82, 2.24) is 10.2 Å². The van der Waals surface area contributed by atoms with Crippen molar-refractivity contribution in [2.45, 2.75) is 39.7 Å². The average molecular weight is 244 g/mol. The zero-order chi connectivity index (χ0) is 13.3. The summed E-state index contributed by atoms with van der Waals surface area (Å²) in [4.78, 5) is 13.9. The molecule has 2 atom stereocenters. The summed E-state index contributed by atoms with van der Waals surface area (Å²) in [6.07, 6.45) is 2.13. The van der Waals surface area contributed by atoms with E-state index in [0.29, 0.717) is 12.5 Å². The molecule has 0 aliphatic carbocycles. The van der Waals surface area contributed by atoms with E-state index in [1.165, 1.54) is 0 Å². The molecule has 0 aromatic heterocycles. The Morgan fingerprint density at radius 1 is 1.35 bits per heavy atom. The summed E-state index contributed by atoms with van der Waals surface area (Å²) in [6, 6.07) is -0.171. The maximum absolute atomic E-state index is 11.8. The van der Waals surface area contributed by atoms with Gasteiger partial charge < -0.3 is 15.0 Å². The molecule has 0 aromatic carbocycles. The quantitative estimate of drug-likeness (QED) is 0.624. The molecule has 0 aliphatic rings. The molecule has 0 aromatic rings. The van der Waals surface area contributed by atoms with Crippen LogP contribution < -0.4 is 5.32 Å². The van der Waals surface area contributed by atoms with E-state index in [2.05, 4.69) is 24.1 Å². The molecule has 17 heavy (non-hydrogen) atoms. The highest BCUT2D eigenvalue weighted by molar-refractivity contribution is 5.76. The Labute approximate surface area is 106 Å². The number of nitrogens with zero attached hydrogens (tertiary/aromatic N) is 1. The lowest BCUT2D eigenvalue weighted by Gasteiger charge is -2.24. The van der Waals surface area contributed by atoms with E-state index in [1.54, 1.807) is 0 Å². The van der Waals surface area contributed by atoms with Crippen LogP contribution in [0.2, 0.25) is 0 Å². The van der Waals surface area contributed by atoms with Crippen LogP contribution in [0.3, 0.4) is 0 Å². The summed E-state index contributed by atoms with van der Waals surface area (Å²) in [5.41, 5.74) is 0. The van der Waals surface area contributed by atoms with Gasteiger partial charge in [0.05, 0.1) is 6.61 Å². The normalized spacial score (nSPS) is 14.7. The molecule has 4 heteroatoms. The van der Waals surface area contributed by atoms with Gasteiger partial charge in [0.1, 0.15) is 6.04 Å². The molecular weight excluding hydrogens is 216 g/mol. The lowest BCUT2D eigenvalue weighted by Crippen LogP contribution is -2.45. The van der Waals surface area contributed by atoms with Crippen molar-refractivity contribution in [3.63, 3.8) is 0 Å². The van der Waals surface area contributed by atoms with E-state index < -0.39 is 0 Å². The minimum absolute atomic E-state index is 0.118. The first-order valence-corrected chi connectivity index (χ1v) is 6.57. The van der Waals surface area contributed by atoms with E-state index >= 15 is 0 Å². The number of rotatable bonds is 9. The van der Waals surface area contributed by atoms with E-state index in [1.807, 2.05) is 21.0 Å². The second-order valence-corrected chi connectivity index (χ2v) is 4.75. The molecule has 0 radical (unpaired) electrons. The fourth-order valence-electron chi connectivity index (χ4n) is 1.81. The van der Waals surface area contributed by atoms with Gasteiger partial charge in [0, 0.05) is 13.1 Å².